The highest BCUT2D eigenvalue weighted by molar-refractivity contribution is 6.34. The molecule has 15 heavy (non-hydrogen) atoms. The van der Waals surface area contributed by atoms with Gasteiger partial charge in [0.1, 0.15) is 5.82 Å². The topological polar surface area (TPSA) is 54.7 Å². The quantitative estimate of drug-likeness (QED) is 0.778. The van der Waals surface area contributed by atoms with Crippen LogP contribution in [-0.2, 0) is 0 Å². The van der Waals surface area contributed by atoms with Gasteiger partial charge in [-0.2, -0.15) is 5.10 Å². The van der Waals surface area contributed by atoms with E-state index in [1.807, 2.05) is 26.0 Å². The number of H-pyrrole nitrogens is 1. The third-order valence-corrected chi connectivity index (χ3v) is 2.79. The third kappa shape index (κ3) is 1.83. The third-order valence-electron chi connectivity index (χ3n) is 2.29. The number of aryl methyl sites for hydroxylation is 2. The fraction of sp³-hybridized carbons (Fsp3) is 0.182. The Hall–Kier alpha value is -1.48. The van der Waals surface area contributed by atoms with Gasteiger partial charge >= 0.3 is 0 Å². The molecule has 2 aromatic rings. The van der Waals surface area contributed by atoms with E-state index in [1.165, 1.54) is 5.56 Å². The molecule has 0 saturated carbocycles. The summed E-state index contributed by atoms with van der Waals surface area (Å²) in [6.45, 7) is 4.02. The first-order valence-electron chi connectivity index (χ1n) is 4.66. The molecule has 0 aliphatic carbocycles. The van der Waals surface area contributed by atoms with Gasteiger partial charge in [0, 0.05) is 11.6 Å². The van der Waals surface area contributed by atoms with E-state index in [1.54, 1.807) is 6.07 Å². The van der Waals surface area contributed by atoms with Crippen LogP contribution in [0.2, 0.25) is 5.02 Å². The van der Waals surface area contributed by atoms with Crippen molar-refractivity contribution in [3.05, 3.63) is 34.3 Å². The van der Waals surface area contributed by atoms with Crippen LogP contribution < -0.4 is 5.73 Å². The second kappa shape index (κ2) is 3.59. The maximum atomic E-state index is 6.22. The molecule has 1 heterocycles. The Bertz CT molecular complexity index is 503. The van der Waals surface area contributed by atoms with Crippen molar-refractivity contribution in [3.63, 3.8) is 0 Å². The van der Waals surface area contributed by atoms with Crippen molar-refractivity contribution < 1.29 is 0 Å². The molecule has 78 valence electrons. The molecule has 3 N–H and O–H groups in total. The number of anilines is 1. The summed E-state index contributed by atoms with van der Waals surface area (Å²) in [5.41, 5.74) is 9.57. The molecule has 1 aromatic heterocycles. The Morgan fingerprint density at radius 2 is 2.00 bits per heavy atom. The first kappa shape index (κ1) is 10.1. The molecule has 0 spiro atoms. The van der Waals surface area contributed by atoms with Crippen molar-refractivity contribution in [2.45, 2.75) is 13.8 Å². The van der Waals surface area contributed by atoms with E-state index < -0.39 is 0 Å². The van der Waals surface area contributed by atoms with Crippen molar-refractivity contribution in [1.82, 2.24) is 10.2 Å². The number of nitrogens with zero attached hydrogens (tertiary/aromatic N) is 1. The number of aromatic amines is 1. The van der Waals surface area contributed by atoms with E-state index >= 15 is 0 Å². The number of hydrogen-bond acceptors (Lipinski definition) is 2. The van der Waals surface area contributed by atoms with E-state index in [2.05, 4.69) is 10.2 Å². The standard InChI is InChI=1S/C11H12ClN3/c1-6-3-7(2)11(12)8(4-6)9-5-10(13)15-14-9/h3-5H,1-2H3,(H3,13,14,15). The predicted molar refractivity (Wildman–Crippen MR) is 62.9 cm³/mol. The first-order chi connectivity index (χ1) is 7.08. The smallest absolute Gasteiger partial charge is 0.145 e. The van der Waals surface area contributed by atoms with Gasteiger partial charge in [-0.15, -0.1) is 0 Å². The molecule has 0 aliphatic heterocycles. The van der Waals surface area contributed by atoms with Crippen molar-refractivity contribution in [1.29, 1.82) is 0 Å². The highest BCUT2D eigenvalue weighted by Crippen LogP contribution is 2.31. The van der Waals surface area contributed by atoms with Crippen molar-refractivity contribution in [3.8, 4) is 11.3 Å². The minimum Gasteiger partial charge on any atom is -0.382 e. The summed E-state index contributed by atoms with van der Waals surface area (Å²) in [7, 11) is 0. The van der Waals surface area contributed by atoms with Crippen molar-refractivity contribution >= 4 is 17.4 Å². The molecule has 2 rings (SSSR count). The molecular formula is C11H12ClN3. The molecule has 0 unspecified atom stereocenters. The summed E-state index contributed by atoms with van der Waals surface area (Å²) in [4.78, 5) is 0. The van der Waals surface area contributed by atoms with Gasteiger partial charge < -0.3 is 5.73 Å². The van der Waals surface area contributed by atoms with Gasteiger partial charge in [0.2, 0.25) is 0 Å². The molecule has 0 radical (unpaired) electrons. The number of aromatic nitrogens is 2. The number of rotatable bonds is 1. The van der Waals surface area contributed by atoms with Gasteiger partial charge in [-0.1, -0.05) is 23.2 Å². The predicted octanol–water partition coefficient (Wildman–Crippen LogP) is 2.93. The molecule has 0 saturated heterocycles. The molecule has 1 aromatic carbocycles. The van der Waals surface area contributed by atoms with Crippen LogP contribution in [0.5, 0.6) is 0 Å². The second-order valence-corrected chi connectivity index (χ2v) is 4.03. The Morgan fingerprint density at radius 1 is 1.27 bits per heavy atom. The average molecular weight is 222 g/mol. The minimum absolute atomic E-state index is 0.472. The lowest BCUT2D eigenvalue weighted by Crippen LogP contribution is -1.86. The Morgan fingerprint density at radius 3 is 2.60 bits per heavy atom. The van der Waals surface area contributed by atoms with E-state index in [0.29, 0.717) is 5.82 Å². The maximum absolute atomic E-state index is 6.22. The summed E-state index contributed by atoms with van der Waals surface area (Å²) in [5, 5.41) is 7.49. The van der Waals surface area contributed by atoms with Crippen LogP contribution in [0.15, 0.2) is 18.2 Å². The Labute approximate surface area is 93.3 Å². The van der Waals surface area contributed by atoms with E-state index in [9.17, 15) is 0 Å². The summed E-state index contributed by atoms with van der Waals surface area (Å²) >= 11 is 6.22. The van der Waals surface area contributed by atoms with Gasteiger partial charge in [-0.3, -0.25) is 5.10 Å². The molecular weight excluding hydrogens is 210 g/mol. The van der Waals surface area contributed by atoms with Crippen LogP contribution in [0.4, 0.5) is 5.82 Å². The number of nitrogen functional groups attached to an aromatic ring is 1. The average Bonchev–Trinajstić information content (AvgIpc) is 2.58. The highest BCUT2D eigenvalue weighted by Gasteiger charge is 2.09. The lowest BCUT2D eigenvalue weighted by molar-refractivity contribution is 1.10. The van der Waals surface area contributed by atoms with Crippen molar-refractivity contribution in [2.24, 2.45) is 0 Å². The van der Waals surface area contributed by atoms with Crippen LogP contribution in [0.1, 0.15) is 11.1 Å². The van der Waals surface area contributed by atoms with Gasteiger partial charge in [0.15, 0.2) is 0 Å². The minimum atomic E-state index is 0.472. The zero-order valence-electron chi connectivity index (χ0n) is 8.63. The molecule has 0 aliphatic rings. The lowest BCUT2D eigenvalue weighted by Gasteiger charge is -2.06. The monoisotopic (exact) mass is 221 g/mol. The fourth-order valence-electron chi connectivity index (χ4n) is 1.62. The normalized spacial score (nSPS) is 10.6. The van der Waals surface area contributed by atoms with Crippen LogP contribution in [0, 0.1) is 13.8 Å². The zero-order valence-corrected chi connectivity index (χ0v) is 9.39. The van der Waals surface area contributed by atoms with Crippen LogP contribution in [0.25, 0.3) is 11.3 Å². The molecule has 0 atom stereocenters. The van der Waals surface area contributed by atoms with Gasteiger partial charge in [0.05, 0.1) is 10.7 Å². The van der Waals surface area contributed by atoms with E-state index in [0.717, 1.165) is 21.8 Å². The summed E-state index contributed by atoms with van der Waals surface area (Å²) < 4.78 is 0. The lowest BCUT2D eigenvalue weighted by atomic mass is 10.0. The Balaban J connectivity index is 2.62. The summed E-state index contributed by atoms with van der Waals surface area (Å²) in [6, 6.07) is 5.84. The van der Waals surface area contributed by atoms with E-state index in [-0.39, 0.29) is 0 Å². The molecule has 3 nitrogen and oxygen atoms in total. The Kier molecular flexibility index (Phi) is 2.40. The number of nitrogens with two attached hydrogens (primary N) is 1. The van der Waals surface area contributed by atoms with E-state index in [4.69, 9.17) is 17.3 Å². The molecule has 0 fully saturated rings. The van der Waals surface area contributed by atoms with Crippen molar-refractivity contribution in [2.75, 3.05) is 5.73 Å². The molecule has 0 amide bonds. The molecule has 0 bridgehead atoms. The SMILES string of the molecule is Cc1cc(C)c(Cl)c(-c2cc(N)n[nH]2)c1. The molecule has 4 heteroatoms. The summed E-state index contributed by atoms with van der Waals surface area (Å²) in [6.07, 6.45) is 0. The number of halogens is 1. The fourth-order valence-corrected chi connectivity index (χ4v) is 1.83. The summed E-state index contributed by atoms with van der Waals surface area (Å²) in [5.74, 6) is 0.472. The number of benzene rings is 1. The zero-order chi connectivity index (χ0) is 11.0. The number of nitrogens with one attached hydrogen (secondary N) is 1. The van der Waals surface area contributed by atoms with Gasteiger partial charge in [0.25, 0.3) is 0 Å². The van der Waals surface area contributed by atoms with Crippen LogP contribution in [0.3, 0.4) is 0 Å². The highest BCUT2D eigenvalue weighted by atomic mass is 35.5. The number of hydrogen-bond donors (Lipinski definition) is 2. The van der Waals surface area contributed by atoms with Gasteiger partial charge in [-0.05, 0) is 25.5 Å². The maximum Gasteiger partial charge on any atom is 0.145 e. The largest absolute Gasteiger partial charge is 0.382 e. The van der Waals surface area contributed by atoms with Crippen LogP contribution in [-0.4, -0.2) is 10.2 Å². The van der Waals surface area contributed by atoms with Crippen LogP contribution >= 0.6 is 11.6 Å². The second-order valence-electron chi connectivity index (χ2n) is 3.65. The first-order valence-corrected chi connectivity index (χ1v) is 5.03. The van der Waals surface area contributed by atoms with Gasteiger partial charge in [-0.25, -0.2) is 0 Å².